The van der Waals surface area contributed by atoms with Crippen molar-refractivity contribution in [1.29, 1.82) is 0 Å². The van der Waals surface area contributed by atoms with Crippen molar-refractivity contribution in [3.05, 3.63) is 34.4 Å². The first-order chi connectivity index (χ1) is 7.00. The first kappa shape index (κ1) is 11.0. The second kappa shape index (κ2) is 4.41. The van der Waals surface area contributed by atoms with Crippen molar-refractivity contribution in [3.8, 4) is 5.75 Å². The maximum absolute atomic E-state index is 10.7. The molecule has 0 fully saturated rings. The number of carbonyl (C=O) groups excluding carboxylic acids is 1. The van der Waals surface area contributed by atoms with Crippen molar-refractivity contribution in [2.75, 3.05) is 0 Å². The quantitative estimate of drug-likeness (QED) is 0.588. The van der Waals surface area contributed by atoms with Crippen LogP contribution in [0.25, 0.3) is 0 Å². The minimum atomic E-state index is -0.813. The van der Waals surface area contributed by atoms with E-state index in [1.54, 1.807) is 0 Å². The van der Waals surface area contributed by atoms with Crippen molar-refractivity contribution in [2.24, 2.45) is 5.73 Å². The van der Waals surface area contributed by atoms with E-state index in [2.05, 4.69) is 0 Å². The number of rotatable bonds is 4. The standard InChI is InChI=1S/C9H10N2O4/c1-6(9(10)12)15-8-4-2-3-7(5-8)11(13)14/h2-6H,1H3,(H2,10,12)/t6-/m0/s1. The molecule has 0 saturated heterocycles. The average Bonchev–Trinajstić information content (AvgIpc) is 2.18. The van der Waals surface area contributed by atoms with Gasteiger partial charge < -0.3 is 10.5 Å². The Balaban J connectivity index is 2.82. The van der Waals surface area contributed by atoms with E-state index in [9.17, 15) is 14.9 Å². The van der Waals surface area contributed by atoms with E-state index in [-0.39, 0.29) is 11.4 Å². The molecule has 6 heteroatoms. The highest BCUT2D eigenvalue weighted by Gasteiger charge is 2.12. The van der Waals surface area contributed by atoms with Crippen LogP contribution < -0.4 is 10.5 Å². The number of nitro groups is 1. The lowest BCUT2D eigenvalue weighted by molar-refractivity contribution is -0.384. The first-order valence-electron chi connectivity index (χ1n) is 4.21. The predicted octanol–water partition coefficient (Wildman–Crippen LogP) is 0.847. The number of nitrogens with two attached hydrogens (primary N) is 1. The Hall–Kier alpha value is -2.11. The summed E-state index contributed by atoms with van der Waals surface area (Å²) in [5.74, 6) is -0.378. The van der Waals surface area contributed by atoms with Gasteiger partial charge in [0.2, 0.25) is 0 Å². The molecule has 1 amide bonds. The van der Waals surface area contributed by atoms with Crippen molar-refractivity contribution in [3.63, 3.8) is 0 Å². The molecule has 80 valence electrons. The van der Waals surface area contributed by atoms with E-state index < -0.39 is 16.9 Å². The fraction of sp³-hybridized carbons (Fsp3) is 0.222. The van der Waals surface area contributed by atoms with Crippen LogP contribution in [-0.2, 0) is 4.79 Å². The molecule has 1 aromatic rings. The molecule has 0 unspecified atom stereocenters. The summed E-state index contributed by atoms with van der Waals surface area (Å²) in [6.45, 7) is 1.47. The molecule has 15 heavy (non-hydrogen) atoms. The molecule has 1 aromatic carbocycles. The number of benzene rings is 1. The van der Waals surface area contributed by atoms with Crippen molar-refractivity contribution >= 4 is 11.6 Å². The number of hydrogen-bond donors (Lipinski definition) is 1. The van der Waals surface area contributed by atoms with Crippen LogP contribution in [0.15, 0.2) is 24.3 Å². The maximum atomic E-state index is 10.7. The third-order valence-electron chi connectivity index (χ3n) is 1.74. The van der Waals surface area contributed by atoms with Gasteiger partial charge in [0, 0.05) is 6.07 Å². The number of carbonyl (C=O) groups is 1. The van der Waals surface area contributed by atoms with Gasteiger partial charge in [-0.3, -0.25) is 14.9 Å². The number of ether oxygens (including phenoxy) is 1. The van der Waals surface area contributed by atoms with Gasteiger partial charge in [-0.25, -0.2) is 0 Å². The van der Waals surface area contributed by atoms with Crippen molar-refractivity contribution < 1.29 is 14.5 Å². The SMILES string of the molecule is C[C@H](Oc1cccc([N+](=O)[O-])c1)C(N)=O. The Labute approximate surface area is 85.8 Å². The summed E-state index contributed by atoms with van der Waals surface area (Å²) in [6, 6.07) is 5.56. The van der Waals surface area contributed by atoms with Gasteiger partial charge in [-0.2, -0.15) is 0 Å². The molecule has 2 N–H and O–H groups in total. The highest BCUT2D eigenvalue weighted by atomic mass is 16.6. The second-order valence-corrected chi connectivity index (χ2v) is 2.92. The Morgan fingerprint density at radius 1 is 1.60 bits per heavy atom. The third-order valence-corrected chi connectivity index (χ3v) is 1.74. The molecule has 1 atom stereocenters. The minimum Gasteiger partial charge on any atom is -0.481 e. The largest absolute Gasteiger partial charge is 0.481 e. The predicted molar refractivity (Wildman–Crippen MR) is 52.4 cm³/mol. The van der Waals surface area contributed by atoms with E-state index in [4.69, 9.17) is 10.5 Å². The van der Waals surface area contributed by atoms with E-state index in [0.29, 0.717) is 0 Å². The van der Waals surface area contributed by atoms with Gasteiger partial charge >= 0.3 is 0 Å². The molecular formula is C9H10N2O4. The monoisotopic (exact) mass is 210 g/mol. The summed E-state index contributed by atoms with van der Waals surface area (Å²) in [4.78, 5) is 20.6. The van der Waals surface area contributed by atoms with Gasteiger partial charge in [0.1, 0.15) is 5.75 Å². The summed E-state index contributed by atoms with van der Waals surface area (Å²) >= 11 is 0. The molecule has 0 aliphatic heterocycles. The Bertz CT molecular complexity index is 391. The van der Waals surface area contributed by atoms with Crippen LogP contribution in [0, 0.1) is 10.1 Å². The number of primary amides is 1. The van der Waals surface area contributed by atoms with Crippen LogP contribution in [0.1, 0.15) is 6.92 Å². The topological polar surface area (TPSA) is 95.5 Å². The molecule has 6 nitrogen and oxygen atoms in total. The first-order valence-corrected chi connectivity index (χ1v) is 4.21. The molecule has 0 saturated carbocycles. The van der Waals surface area contributed by atoms with Crippen LogP contribution in [0.5, 0.6) is 5.75 Å². The number of amides is 1. The molecule has 0 heterocycles. The smallest absolute Gasteiger partial charge is 0.273 e. The van der Waals surface area contributed by atoms with E-state index >= 15 is 0 Å². The Morgan fingerprint density at radius 2 is 2.27 bits per heavy atom. The molecular weight excluding hydrogens is 200 g/mol. The van der Waals surface area contributed by atoms with Gasteiger partial charge in [0.05, 0.1) is 11.0 Å². The van der Waals surface area contributed by atoms with Gasteiger partial charge in [0.15, 0.2) is 6.10 Å². The normalized spacial score (nSPS) is 11.8. The molecule has 0 aliphatic carbocycles. The maximum Gasteiger partial charge on any atom is 0.273 e. The van der Waals surface area contributed by atoms with Crippen LogP contribution >= 0.6 is 0 Å². The number of nitro benzene ring substituents is 1. The Kier molecular flexibility index (Phi) is 3.22. The zero-order chi connectivity index (χ0) is 11.4. The molecule has 0 aliphatic rings. The molecule has 1 rings (SSSR count). The van der Waals surface area contributed by atoms with Crippen molar-refractivity contribution in [2.45, 2.75) is 13.0 Å². The fourth-order valence-corrected chi connectivity index (χ4v) is 0.933. The highest BCUT2D eigenvalue weighted by Crippen LogP contribution is 2.19. The summed E-state index contributed by atoms with van der Waals surface area (Å²) in [7, 11) is 0. The summed E-state index contributed by atoms with van der Waals surface area (Å²) in [5.41, 5.74) is 4.89. The minimum absolute atomic E-state index is 0.0934. The summed E-state index contributed by atoms with van der Waals surface area (Å²) < 4.78 is 5.09. The zero-order valence-electron chi connectivity index (χ0n) is 8.04. The molecule has 0 radical (unpaired) electrons. The highest BCUT2D eigenvalue weighted by molar-refractivity contribution is 5.78. The Morgan fingerprint density at radius 3 is 2.80 bits per heavy atom. The number of non-ortho nitro benzene ring substituents is 1. The molecule has 0 aromatic heterocycles. The van der Waals surface area contributed by atoms with Crippen molar-refractivity contribution in [1.82, 2.24) is 0 Å². The van der Waals surface area contributed by atoms with E-state index in [1.165, 1.54) is 31.2 Å². The molecule has 0 bridgehead atoms. The van der Waals surface area contributed by atoms with Gasteiger partial charge in [0.25, 0.3) is 11.6 Å². The average molecular weight is 210 g/mol. The van der Waals surface area contributed by atoms with Crippen LogP contribution in [0.4, 0.5) is 5.69 Å². The molecule has 0 spiro atoms. The van der Waals surface area contributed by atoms with Crippen LogP contribution in [0.2, 0.25) is 0 Å². The van der Waals surface area contributed by atoms with Gasteiger partial charge in [-0.1, -0.05) is 6.07 Å². The van der Waals surface area contributed by atoms with Gasteiger partial charge in [-0.05, 0) is 13.0 Å². The van der Waals surface area contributed by atoms with Crippen LogP contribution in [0.3, 0.4) is 0 Å². The van der Waals surface area contributed by atoms with Gasteiger partial charge in [-0.15, -0.1) is 0 Å². The third kappa shape index (κ3) is 2.94. The van der Waals surface area contributed by atoms with E-state index in [1.807, 2.05) is 0 Å². The van der Waals surface area contributed by atoms with E-state index in [0.717, 1.165) is 0 Å². The lowest BCUT2D eigenvalue weighted by atomic mass is 10.3. The number of nitrogens with zero attached hydrogens (tertiary/aromatic N) is 1. The lowest BCUT2D eigenvalue weighted by Crippen LogP contribution is -2.30. The second-order valence-electron chi connectivity index (χ2n) is 2.92. The van der Waals surface area contributed by atoms with Crippen LogP contribution in [-0.4, -0.2) is 16.9 Å². The number of hydrogen-bond acceptors (Lipinski definition) is 4. The fourth-order valence-electron chi connectivity index (χ4n) is 0.933. The lowest BCUT2D eigenvalue weighted by Gasteiger charge is -2.10. The summed E-state index contributed by atoms with van der Waals surface area (Å²) in [6.07, 6.45) is -0.813. The zero-order valence-corrected chi connectivity index (χ0v) is 8.04. The summed E-state index contributed by atoms with van der Waals surface area (Å²) in [5, 5.41) is 10.4.